The van der Waals surface area contributed by atoms with E-state index in [4.69, 9.17) is 0 Å². The lowest BCUT2D eigenvalue weighted by Crippen LogP contribution is -2.25. The molecule has 0 unspecified atom stereocenters. The Balaban J connectivity index is 1.54. The molecular formula is C20H24N6O. The average molecular weight is 364 g/mol. The van der Waals surface area contributed by atoms with Crippen molar-refractivity contribution in [2.75, 3.05) is 18.0 Å². The third kappa shape index (κ3) is 4.91. The second kappa shape index (κ2) is 8.93. The largest absolute Gasteiger partial charge is 0.357 e. The fourth-order valence-electron chi connectivity index (χ4n) is 2.80. The van der Waals surface area contributed by atoms with Crippen LogP contribution in [-0.2, 0) is 13.1 Å². The van der Waals surface area contributed by atoms with Gasteiger partial charge in [-0.15, -0.1) is 0 Å². The van der Waals surface area contributed by atoms with Crippen molar-refractivity contribution >= 4 is 11.7 Å². The summed E-state index contributed by atoms with van der Waals surface area (Å²) >= 11 is 0. The molecule has 3 rings (SSSR count). The Morgan fingerprint density at radius 3 is 2.41 bits per heavy atom. The molecular weight excluding hydrogens is 340 g/mol. The van der Waals surface area contributed by atoms with Gasteiger partial charge >= 0.3 is 0 Å². The van der Waals surface area contributed by atoms with Gasteiger partial charge in [0.1, 0.15) is 18.5 Å². The minimum atomic E-state index is -0.125. The number of hydrogen-bond acceptors (Lipinski definition) is 5. The van der Waals surface area contributed by atoms with E-state index in [9.17, 15) is 4.79 Å². The average Bonchev–Trinajstić information content (AvgIpc) is 3.22. The Labute approximate surface area is 159 Å². The van der Waals surface area contributed by atoms with E-state index < -0.39 is 0 Å². The number of hydrogen-bond donors (Lipinski definition) is 1. The van der Waals surface area contributed by atoms with Gasteiger partial charge in [-0.05, 0) is 37.1 Å². The first-order valence-corrected chi connectivity index (χ1v) is 9.09. The minimum absolute atomic E-state index is 0.125. The van der Waals surface area contributed by atoms with Crippen molar-refractivity contribution in [3.63, 3.8) is 0 Å². The quantitative estimate of drug-likeness (QED) is 0.665. The van der Waals surface area contributed by atoms with Crippen molar-refractivity contribution in [2.45, 2.75) is 26.9 Å². The third-order valence-corrected chi connectivity index (χ3v) is 4.38. The summed E-state index contributed by atoms with van der Waals surface area (Å²) in [5.41, 5.74) is 2.74. The van der Waals surface area contributed by atoms with E-state index in [1.807, 2.05) is 36.4 Å². The SMILES string of the molecule is CCN(CC)c1ccc(C(=O)NCc2ccc(Cn3cncn3)cc2)cn1. The van der Waals surface area contributed by atoms with E-state index in [2.05, 4.69) is 39.1 Å². The maximum absolute atomic E-state index is 12.3. The second-order valence-electron chi connectivity index (χ2n) is 6.17. The molecule has 0 fully saturated rings. The number of carbonyl (C=O) groups is 1. The van der Waals surface area contributed by atoms with Crippen LogP contribution in [0, 0.1) is 0 Å². The van der Waals surface area contributed by atoms with Crippen LogP contribution in [0.15, 0.2) is 55.2 Å². The number of nitrogens with one attached hydrogen (secondary N) is 1. The molecule has 0 saturated carbocycles. The first kappa shape index (κ1) is 18.6. The Hall–Kier alpha value is -3.22. The summed E-state index contributed by atoms with van der Waals surface area (Å²) in [5, 5.41) is 7.03. The van der Waals surface area contributed by atoms with Crippen LogP contribution in [0.25, 0.3) is 0 Å². The van der Waals surface area contributed by atoms with E-state index in [1.165, 1.54) is 6.33 Å². The van der Waals surface area contributed by atoms with Gasteiger partial charge in [-0.3, -0.25) is 4.79 Å². The van der Waals surface area contributed by atoms with Crippen molar-refractivity contribution in [2.24, 2.45) is 0 Å². The molecule has 0 aliphatic heterocycles. The maximum Gasteiger partial charge on any atom is 0.253 e. The van der Waals surface area contributed by atoms with Crippen molar-refractivity contribution < 1.29 is 4.79 Å². The molecule has 7 nitrogen and oxygen atoms in total. The molecule has 0 aliphatic rings. The smallest absolute Gasteiger partial charge is 0.253 e. The van der Waals surface area contributed by atoms with Gasteiger partial charge in [0.15, 0.2) is 0 Å². The van der Waals surface area contributed by atoms with E-state index >= 15 is 0 Å². The summed E-state index contributed by atoms with van der Waals surface area (Å²) in [7, 11) is 0. The highest BCUT2D eigenvalue weighted by Gasteiger charge is 2.08. The summed E-state index contributed by atoms with van der Waals surface area (Å²) in [6.07, 6.45) is 4.84. The first-order chi connectivity index (χ1) is 13.2. The monoisotopic (exact) mass is 364 g/mol. The van der Waals surface area contributed by atoms with Crippen molar-refractivity contribution in [3.05, 3.63) is 71.9 Å². The molecule has 27 heavy (non-hydrogen) atoms. The molecule has 0 atom stereocenters. The fraction of sp³-hybridized carbons (Fsp3) is 0.300. The molecule has 1 N–H and O–H groups in total. The predicted molar refractivity (Wildman–Crippen MR) is 105 cm³/mol. The molecule has 0 bridgehead atoms. The lowest BCUT2D eigenvalue weighted by atomic mass is 10.1. The van der Waals surface area contributed by atoms with Crippen molar-refractivity contribution in [1.82, 2.24) is 25.1 Å². The Morgan fingerprint density at radius 2 is 1.81 bits per heavy atom. The van der Waals surface area contributed by atoms with Crippen molar-refractivity contribution in [1.29, 1.82) is 0 Å². The van der Waals surface area contributed by atoms with E-state index in [0.29, 0.717) is 18.7 Å². The molecule has 1 aromatic carbocycles. The number of amides is 1. The zero-order valence-corrected chi connectivity index (χ0v) is 15.7. The van der Waals surface area contributed by atoms with Gasteiger partial charge in [0, 0.05) is 25.8 Å². The number of carbonyl (C=O) groups excluding carboxylic acids is 1. The van der Waals surface area contributed by atoms with E-state index in [0.717, 1.165) is 30.0 Å². The van der Waals surface area contributed by atoms with Gasteiger partial charge in [0.05, 0.1) is 12.1 Å². The minimum Gasteiger partial charge on any atom is -0.357 e. The lowest BCUT2D eigenvalue weighted by molar-refractivity contribution is 0.0950. The van der Waals surface area contributed by atoms with E-state index in [1.54, 1.807) is 17.2 Å². The van der Waals surface area contributed by atoms with Gasteiger partial charge in [-0.2, -0.15) is 5.10 Å². The van der Waals surface area contributed by atoms with Crippen LogP contribution in [0.2, 0.25) is 0 Å². The maximum atomic E-state index is 12.3. The summed E-state index contributed by atoms with van der Waals surface area (Å²) < 4.78 is 1.77. The Bertz CT molecular complexity index is 839. The van der Waals surface area contributed by atoms with Crippen LogP contribution in [0.5, 0.6) is 0 Å². The molecule has 0 spiro atoms. The summed E-state index contributed by atoms with van der Waals surface area (Å²) in [4.78, 5) is 22.8. The number of rotatable bonds is 8. The molecule has 7 heteroatoms. The van der Waals surface area contributed by atoms with Crippen LogP contribution < -0.4 is 10.2 Å². The number of pyridine rings is 1. The fourth-order valence-corrected chi connectivity index (χ4v) is 2.80. The number of anilines is 1. The molecule has 0 saturated heterocycles. The summed E-state index contributed by atoms with van der Waals surface area (Å²) in [6, 6.07) is 11.8. The van der Waals surface area contributed by atoms with Crippen LogP contribution in [0.4, 0.5) is 5.82 Å². The predicted octanol–water partition coefficient (Wildman–Crippen LogP) is 2.50. The molecule has 0 radical (unpaired) electrons. The van der Waals surface area contributed by atoms with Gasteiger partial charge in [-0.1, -0.05) is 24.3 Å². The third-order valence-electron chi connectivity index (χ3n) is 4.38. The first-order valence-electron chi connectivity index (χ1n) is 9.09. The van der Waals surface area contributed by atoms with Crippen LogP contribution >= 0.6 is 0 Å². The molecule has 0 aliphatic carbocycles. The van der Waals surface area contributed by atoms with Gasteiger partial charge in [0.2, 0.25) is 0 Å². The van der Waals surface area contributed by atoms with Crippen molar-refractivity contribution in [3.8, 4) is 0 Å². The second-order valence-corrected chi connectivity index (χ2v) is 6.17. The highest BCUT2D eigenvalue weighted by atomic mass is 16.1. The molecule has 140 valence electrons. The summed E-state index contributed by atoms with van der Waals surface area (Å²) in [6.45, 7) is 7.10. The Morgan fingerprint density at radius 1 is 1.07 bits per heavy atom. The molecule has 2 aromatic heterocycles. The standard InChI is InChI=1S/C20H24N6O/c1-3-25(4-2)19-10-9-18(12-22-19)20(27)23-11-16-5-7-17(8-6-16)13-26-15-21-14-24-26/h5-10,12,14-15H,3-4,11,13H2,1-2H3,(H,23,27). The van der Waals surface area contributed by atoms with Gasteiger partial charge in [0.25, 0.3) is 5.91 Å². The van der Waals surface area contributed by atoms with Gasteiger partial charge in [-0.25, -0.2) is 14.6 Å². The Kier molecular flexibility index (Phi) is 6.14. The lowest BCUT2D eigenvalue weighted by Gasteiger charge is -2.19. The molecule has 2 heterocycles. The van der Waals surface area contributed by atoms with Crippen LogP contribution in [-0.4, -0.2) is 38.7 Å². The van der Waals surface area contributed by atoms with Crippen LogP contribution in [0.1, 0.15) is 35.3 Å². The zero-order valence-electron chi connectivity index (χ0n) is 15.7. The topological polar surface area (TPSA) is 75.9 Å². The summed E-state index contributed by atoms with van der Waals surface area (Å²) in [5.74, 6) is 0.764. The van der Waals surface area contributed by atoms with E-state index in [-0.39, 0.29) is 5.91 Å². The normalized spacial score (nSPS) is 10.6. The highest BCUT2D eigenvalue weighted by molar-refractivity contribution is 5.94. The zero-order chi connectivity index (χ0) is 19.1. The highest BCUT2D eigenvalue weighted by Crippen LogP contribution is 2.11. The number of benzene rings is 1. The van der Waals surface area contributed by atoms with Crippen LogP contribution in [0.3, 0.4) is 0 Å². The number of nitrogens with zero attached hydrogens (tertiary/aromatic N) is 5. The molecule has 1 amide bonds. The number of aromatic nitrogens is 4. The molecule has 3 aromatic rings. The van der Waals surface area contributed by atoms with Gasteiger partial charge < -0.3 is 10.2 Å².